The van der Waals surface area contributed by atoms with Crippen LogP contribution < -0.4 is 4.90 Å². The van der Waals surface area contributed by atoms with Crippen LogP contribution in [0.15, 0.2) is 18.2 Å². The lowest BCUT2D eigenvalue weighted by molar-refractivity contribution is -0.118. The molecule has 1 aliphatic rings. The number of ketones is 1. The van der Waals surface area contributed by atoms with Crippen LogP contribution in [0.5, 0.6) is 0 Å². The van der Waals surface area contributed by atoms with Crippen molar-refractivity contribution in [2.45, 2.75) is 39.2 Å². The average Bonchev–Trinajstić information content (AvgIpc) is 2.72. The summed E-state index contributed by atoms with van der Waals surface area (Å²) in [5.41, 5.74) is 2.79. The van der Waals surface area contributed by atoms with E-state index in [0.717, 1.165) is 24.1 Å². The molecule has 1 atom stereocenters. The summed E-state index contributed by atoms with van der Waals surface area (Å²) < 4.78 is 0. The van der Waals surface area contributed by atoms with Gasteiger partial charge in [0.15, 0.2) is 5.78 Å². The minimum absolute atomic E-state index is 0.0776. The molecule has 0 bridgehead atoms. The molecular formula is C15H18BrNO2. The molecule has 19 heavy (non-hydrogen) atoms. The van der Waals surface area contributed by atoms with Crippen molar-refractivity contribution in [3.8, 4) is 0 Å². The zero-order valence-electron chi connectivity index (χ0n) is 11.3. The van der Waals surface area contributed by atoms with Gasteiger partial charge in [-0.1, -0.05) is 22.9 Å². The first-order valence-corrected chi connectivity index (χ1v) is 7.74. The summed E-state index contributed by atoms with van der Waals surface area (Å²) in [5, 5.41) is 0.333. The maximum atomic E-state index is 12.1. The predicted octanol–water partition coefficient (Wildman–Crippen LogP) is 3.34. The summed E-state index contributed by atoms with van der Waals surface area (Å²) in [6, 6.07) is 5.83. The molecule has 4 heteroatoms. The van der Waals surface area contributed by atoms with E-state index in [-0.39, 0.29) is 17.7 Å². The minimum atomic E-state index is 0.0776. The first-order chi connectivity index (χ1) is 9.08. The maximum absolute atomic E-state index is 12.1. The quantitative estimate of drug-likeness (QED) is 0.629. The number of amides is 1. The van der Waals surface area contributed by atoms with E-state index in [9.17, 15) is 9.59 Å². The Labute approximate surface area is 122 Å². The van der Waals surface area contributed by atoms with Gasteiger partial charge in [-0.25, -0.2) is 0 Å². The van der Waals surface area contributed by atoms with Crippen molar-refractivity contribution in [3.63, 3.8) is 0 Å². The van der Waals surface area contributed by atoms with Crippen molar-refractivity contribution < 1.29 is 9.59 Å². The topological polar surface area (TPSA) is 37.4 Å². The second-order valence-electron chi connectivity index (χ2n) is 4.97. The lowest BCUT2D eigenvalue weighted by Gasteiger charge is -2.22. The number of Topliss-reactive ketones (excluding diaryl/α,β-unsaturated/α-hetero) is 1. The zero-order chi connectivity index (χ0) is 14.0. The zero-order valence-corrected chi connectivity index (χ0v) is 12.9. The molecule has 1 heterocycles. The van der Waals surface area contributed by atoms with Crippen LogP contribution in [-0.4, -0.2) is 23.1 Å². The van der Waals surface area contributed by atoms with E-state index >= 15 is 0 Å². The van der Waals surface area contributed by atoms with Crippen molar-refractivity contribution >= 4 is 33.3 Å². The molecule has 0 N–H and O–H groups in total. The molecule has 0 radical (unpaired) electrons. The number of benzene rings is 1. The van der Waals surface area contributed by atoms with Crippen LogP contribution in [0.25, 0.3) is 0 Å². The molecule has 0 spiro atoms. The molecule has 1 amide bonds. The van der Waals surface area contributed by atoms with Crippen molar-refractivity contribution in [1.29, 1.82) is 0 Å². The molecule has 1 aromatic carbocycles. The summed E-state index contributed by atoms with van der Waals surface area (Å²) in [4.78, 5) is 25.7. The van der Waals surface area contributed by atoms with Gasteiger partial charge >= 0.3 is 0 Å². The Balaban J connectivity index is 2.32. The second kappa shape index (κ2) is 5.87. The number of carbonyl (C=O) groups is 2. The Bertz CT molecular complexity index is 513. The highest BCUT2D eigenvalue weighted by molar-refractivity contribution is 9.09. The maximum Gasteiger partial charge on any atom is 0.227 e. The third-order valence-electron chi connectivity index (χ3n) is 3.47. The molecule has 1 unspecified atom stereocenters. The molecule has 3 nitrogen and oxygen atoms in total. The highest BCUT2D eigenvalue weighted by Crippen LogP contribution is 2.33. The van der Waals surface area contributed by atoms with Gasteiger partial charge in [-0.3, -0.25) is 9.59 Å². The van der Waals surface area contributed by atoms with Gasteiger partial charge in [-0.2, -0.15) is 0 Å². The number of nitrogens with zero attached hydrogens (tertiary/aromatic N) is 1. The number of halogens is 1. The van der Waals surface area contributed by atoms with Crippen molar-refractivity contribution in [2.75, 3.05) is 10.2 Å². The predicted molar refractivity (Wildman–Crippen MR) is 80.1 cm³/mol. The molecule has 1 aliphatic heterocycles. The Morgan fingerprint density at radius 1 is 1.42 bits per heavy atom. The summed E-state index contributed by atoms with van der Waals surface area (Å²) >= 11 is 3.19. The van der Waals surface area contributed by atoms with E-state index in [1.165, 1.54) is 0 Å². The number of hydrogen-bond acceptors (Lipinski definition) is 2. The van der Waals surface area contributed by atoms with Gasteiger partial charge in [0, 0.05) is 23.7 Å². The first-order valence-electron chi connectivity index (χ1n) is 6.62. The second-order valence-corrected chi connectivity index (χ2v) is 5.53. The molecule has 0 aliphatic carbocycles. The fourth-order valence-corrected chi connectivity index (χ4v) is 2.92. The number of rotatable bonds is 4. The van der Waals surface area contributed by atoms with Gasteiger partial charge in [0.25, 0.3) is 0 Å². The normalized spacial score (nSPS) is 17.4. The lowest BCUT2D eigenvalue weighted by atomic mass is 10.1. The number of fused-ring (bicyclic) bond motifs is 1. The average molecular weight is 324 g/mol. The van der Waals surface area contributed by atoms with E-state index in [2.05, 4.69) is 22.9 Å². The summed E-state index contributed by atoms with van der Waals surface area (Å²) in [5.74, 6) is 0.252. The number of alkyl halides is 1. The summed E-state index contributed by atoms with van der Waals surface area (Å²) in [6.07, 6.45) is 2.26. The van der Waals surface area contributed by atoms with Gasteiger partial charge in [0.1, 0.15) is 0 Å². The highest BCUT2D eigenvalue weighted by atomic mass is 79.9. The van der Waals surface area contributed by atoms with E-state index in [4.69, 9.17) is 0 Å². The van der Waals surface area contributed by atoms with E-state index in [1.54, 1.807) is 0 Å². The molecule has 0 saturated heterocycles. The number of carbonyl (C=O) groups excluding carboxylic acids is 2. The van der Waals surface area contributed by atoms with Crippen LogP contribution in [0.4, 0.5) is 5.69 Å². The first kappa shape index (κ1) is 14.3. The lowest BCUT2D eigenvalue weighted by Crippen LogP contribution is -2.35. The van der Waals surface area contributed by atoms with E-state index in [0.29, 0.717) is 17.3 Å². The summed E-state index contributed by atoms with van der Waals surface area (Å²) in [6.45, 7) is 4.07. The van der Waals surface area contributed by atoms with Crippen molar-refractivity contribution in [3.05, 3.63) is 29.3 Å². The van der Waals surface area contributed by atoms with Crippen molar-refractivity contribution in [1.82, 2.24) is 0 Å². The van der Waals surface area contributed by atoms with Gasteiger partial charge in [0.2, 0.25) is 5.91 Å². The number of hydrogen-bond donors (Lipinski definition) is 0. The molecule has 2 rings (SSSR count). The Hall–Kier alpha value is -1.16. The SMILES string of the molecule is CCCC(=O)N1c2ccc(C(=O)CBr)cc2CC1C. The van der Waals surface area contributed by atoms with Crippen LogP contribution in [0.2, 0.25) is 0 Å². The highest BCUT2D eigenvalue weighted by Gasteiger charge is 2.30. The van der Waals surface area contributed by atoms with Crippen LogP contribution in [0.3, 0.4) is 0 Å². The van der Waals surface area contributed by atoms with Gasteiger partial charge in [-0.15, -0.1) is 0 Å². The fraction of sp³-hybridized carbons (Fsp3) is 0.467. The molecular weight excluding hydrogens is 306 g/mol. The summed E-state index contributed by atoms with van der Waals surface area (Å²) in [7, 11) is 0. The van der Waals surface area contributed by atoms with Gasteiger partial charge in [-0.05, 0) is 43.5 Å². The standard InChI is InChI=1S/C15H18BrNO2/c1-3-4-15(19)17-10(2)7-12-8-11(14(18)9-16)5-6-13(12)17/h5-6,8,10H,3-4,7,9H2,1-2H3. The van der Waals surface area contributed by atoms with Crippen LogP contribution in [-0.2, 0) is 11.2 Å². The molecule has 0 saturated carbocycles. The van der Waals surface area contributed by atoms with Gasteiger partial charge < -0.3 is 4.90 Å². The third-order valence-corrected chi connectivity index (χ3v) is 3.98. The molecule has 0 fully saturated rings. The van der Waals surface area contributed by atoms with Gasteiger partial charge in [0.05, 0.1) is 5.33 Å². The molecule has 1 aromatic rings. The Morgan fingerprint density at radius 2 is 2.16 bits per heavy atom. The van der Waals surface area contributed by atoms with Crippen LogP contribution in [0.1, 0.15) is 42.6 Å². The van der Waals surface area contributed by atoms with E-state index in [1.807, 2.05) is 30.0 Å². The van der Waals surface area contributed by atoms with Crippen LogP contribution in [0, 0.1) is 0 Å². The molecule has 102 valence electrons. The van der Waals surface area contributed by atoms with E-state index < -0.39 is 0 Å². The fourth-order valence-electron chi connectivity index (χ4n) is 2.60. The van der Waals surface area contributed by atoms with Crippen LogP contribution >= 0.6 is 15.9 Å². The largest absolute Gasteiger partial charge is 0.309 e. The number of anilines is 1. The monoisotopic (exact) mass is 323 g/mol. The smallest absolute Gasteiger partial charge is 0.227 e. The Morgan fingerprint density at radius 3 is 2.79 bits per heavy atom. The Kier molecular flexibility index (Phi) is 4.40. The minimum Gasteiger partial charge on any atom is -0.309 e. The third kappa shape index (κ3) is 2.73. The van der Waals surface area contributed by atoms with Crippen molar-refractivity contribution in [2.24, 2.45) is 0 Å². The molecule has 0 aromatic heterocycles.